The van der Waals surface area contributed by atoms with E-state index in [0.717, 1.165) is 6.29 Å². The van der Waals surface area contributed by atoms with Crippen LogP contribution in [0.1, 0.15) is 17.3 Å². The minimum absolute atomic E-state index is 0.408. The molecule has 0 aliphatic rings. The number of rotatable bonds is 4. The number of benzene rings is 1. The van der Waals surface area contributed by atoms with Gasteiger partial charge in [0.1, 0.15) is 12.0 Å². The molecule has 1 unspecified atom stereocenters. The molecule has 1 aromatic carbocycles. The van der Waals surface area contributed by atoms with Gasteiger partial charge in [-0.05, 0) is 31.2 Å². The Bertz CT molecular complexity index is 348. The molecule has 1 atom stereocenters. The second-order valence-corrected chi connectivity index (χ2v) is 2.96. The lowest BCUT2D eigenvalue weighted by Gasteiger charge is -2.12. The van der Waals surface area contributed by atoms with E-state index in [-0.39, 0.29) is 0 Å². The first kappa shape index (κ1) is 11.2. The molecule has 0 aromatic heterocycles. The summed E-state index contributed by atoms with van der Waals surface area (Å²) >= 11 is 0. The average molecular weight is 208 g/mol. The van der Waals surface area contributed by atoms with Crippen LogP contribution in [0.4, 0.5) is 0 Å². The Morgan fingerprint density at radius 2 is 2.07 bits per heavy atom. The minimum Gasteiger partial charge on any atom is -0.481 e. The lowest BCUT2D eigenvalue weighted by atomic mass is 10.2. The molecule has 0 bridgehead atoms. The van der Waals surface area contributed by atoms with Crippen LogP contribution < -0.4 is 16.0 Å². The zero-order chi connectivity index (χ0) is 11.3. The van der Waals surface area contributed by atoms with Crippen molar-refractivity contribution in [3.05, 3.63) is 29.8 Å². The van der Waals surface area contributed by atoms with Crippen molar-refractivity contribution in [2.45, 2.75) is 13.0 Å². The van der Waals surface area contributed by atoms with Gasteiger partial charge in [0.15, 0.2) is 6.10 Å². The summed E-state index contributed by atoms with van der Waals surface area (Å²) in [5, 5.41) is 0. The van der Waals surface area contributed by atoms with Crippen molar-refractivity contribution in [1.29, 1.82) is 0 Å². The predicted molar refractivity (Wildman–Crippen MR) is 54.2 cm³/mol. The molecule has 0 saturated carbocycles. The molecule has 5 heteroatoms. The van der Waals surface area contributed by atoms with Crippen molar-refractivity contribution in [3.63, 3.8) is 0 Å². The van der Waals surface area contributed by atoms with E-state index in [1.165, 1.54) is 0 Å². The molecule has 0 heterocycles. The third-order valence-corrected chi connectivity index (χ3v) is 1.84. The van der Waals surface area contributed by atoms with Gasteiger partial charge in [0, 0.05) is 5.56 Å². The van der Waals surface area contributed by atoms with Crippen LogP contribution in [0.15, 0.2) is 24.3 Å². The van der Waals surface area contributed by atoms with Crippen LogP contribution in [-0.2, 0) is 4.79 Å². The van der Waals surface area contributed by atoms with Gasteiger partial charge < -0.3 is 4.74 Å². The summed E-state index contributed by atoms with van der Waals surface area (Å²) in [5.74, 6) is 5.05. The fourth-order valence-electron chi connectivity index (χ4n) is 1.000. The molecule has 15 heavy (non-hydrogen) atoms. The van der Waals surface area contributed by atoms with E-state index in [4.69, 9.17) is 10.6 Å². The van der Waals surface area contributed by atoms with E-state index >= 15 is 0 Å². The first-order valence-electron chi connectivity index (χ1n) is 4.39. The van der Waals surface area contributed by atoms with Crippen LogP contribution in [0.5, 0.6) is 5.75 Å². The number of hydrogen-bond donors (Lipinski definition) is 2. The fraction of sp³-hybridized carbons (Fsp3) is 0.200. The van der Waals surface area contributed by atoms with Crippen LogP contribution >= 0.6 is 0 Å². The van der Waals surface area contributed by atoms with E-state index in [0.29, 0.717) is 11.3 Å². The number of nitrogens with one attached hydrogen (secondary N) is 1. The van der Waals surface area contributed by atoms with E-state index in [9.17, 15) is 9.59 Å². The van der Waals surface area contributed by atoms with Crippen molar-refractivity contribution in [1.82, 2.24) is 5.43 Å². The van der Waals surface area contributed by atoms with Crippen molar-refractivity contribution >= 4 is 12.2 Å². The summed E-state index contributed by atoms with van der Waals surface area (Å²) in [4.78, 5) is 21.4. The smallest absolute Gasteiger partial charge is 0.274 e. The van der Waals surface area contributed by atoms with Gasteiger partial charge in [-0.3, -0.25) is 15.0 Å². The zero-order valence-electron chi connectivity index (χ0n) is 8.27. The maximum absolute atomic E-state index is 11.0. The Labute approximate surface area is 87.2 Å². The number of amides is 1. The number of hydrogen-bond acceptors (Lipinski definition) is 4. The third kappa shape index (κ3) is 3.07. The van der Waals surface area contributed by atoms with E-state index < -0.39 is 12.0 Å². The molecule has 0 radical (unpaired) electrons. The fourth-order valence-corrected chi connectivity index (χ4v) is 1.000. The summed E-state index contributed by atoms with van der Waals surface area (Å²) in [5.41, 5.74) is 2.54. The van der Waals surface area contributed by atoms with Gasteiger partial charge in [-0.25, -0.2) is 5.84 Å². The summed E-state index contributed by atoms with van der Waals surface area (Å²) in [7, 11) is 0. The van der Waals surface area contributed by atoms with Crippen LogP contribution in [-0.4, -0.2) is 18.3 Å². The number of ether oxygens (including phenoxy) is 1. The van der Waals surface area contributed by atoms with Gasteiger partial charge in [0.05, 0.1) is 0 Å². The monoisotopic (exact) mass is 208 g/mol. The Morgan fingerprint density at radius 1 is 1.47 bits per heavy atom. The van der Waals surface area contributed by atoms with Gasteiger partial charge in [-0.2, -0.15) is 0 Å². The summed E-state index contributed by atoms with van der Waals surface area (Å²) in [6.45, 7) is 1.58. The van der Waals surface area contributed by atoms with Gasteiger partial charge >= 0.3 is 0 Å². The third-order valence-electron chi connectivity index (χ3n) is 1.84. The maximum Gasteiger partial charge on any atom is 0.274 e. The van der Waals surface area contributed by atoms with Crippen molar-refractivity contribution in [2.75, 3.05) is 0 Å². The molecule has 0 aliphatic carbocycles. The van der Waals surface area contributed by atoms with Crippen molar-refractivity contribution in [3.8, 4) is 5.75 Å². The molecule has 5 nitrogen and oxygen atoms in total. The van der Waals surface area contributed by atoms with Crippen LogP contribution in [0.25, 0.3) is 0 Å². The Morgan fingerprint density at radius 3 is 2.53 bits per heavy atom. The van der Waals surface area contributed by atoms with E-state index in [1.54, 1.807) is 31.2 Å². The lowest BCUT2D eigenvalue weighted by molar-refractivity contribution is -0.127. The quantitative estimate of drug-likeness (QED) is 0.322. The number of carbonyl (C=O) groups is 2. The van der Waals surface area contributed by atoms with Gasteiger partial charge in [-0.1, -0.05) is 0 Å². The molecule has 0 fully saturated rings. The summed E-state index contributed by atoms with van der Waals surface area (Å²) in [6, 6.07) is 6.44. The number of nitrogens with two attached hydrogens (primary N) is 1. The summed E-state index contributed by atoms with van der Waals surface area (Å²) < 4.78 is 5.26. The first-order valence-corrected chi connectivity index (χ1v) is 4.39. The molecular weight excluding hydrogens is 196 g/mol. The van der Waals surface area contributed by atoms with Gasteiger partial charge in [0.25, 0.3) is 5.91 Å². The number of aldehydes is 1. The van der Waals surface area contributed by atoms with E-state index in [1.807, 2.05) is 5.43 Å². The molecule has 1 aromatic rings. The number of carbonyl (C=O) groups excluding carboxylic acids is 2. The molecule has 3 N–H and O–H groups in total. The SMILES string of the molecule is CC(Oc1ccc(C=O)cc1)C(=O)NN. The minimum atomic E-state index is -0.669. The molecular formula is C10H12N2O3. The van der Waals surface area contributed by atoms with Crippen LogP contribution in [0.2, 0.25) is 0 Å². The lowest BCUT2D eigenvalue weighted by Crippen LogP contribution is -2.40. The second-order valence-electron chi connectivity index (χ2n) is 2.96. The van der Waals surface area contributed by atoms with Crippen LogP contribution in [0, 0.1) is 0 Å². The second kappa shape index (κ2) is 5.11. The van der Waals surface area contributed by atoms with Gasteiger partial charge in [-0.15, -0.1) is 0 Å². The first-order chi connectivity index (χ1) is 7.17. The highest BCUT2D eigenvalue weighted by Gasteiger charge is 2.12. The Hall–Kier alpha value is -1.88. The highest BCUT2D eigenvalue weighted by Crippen LogP contribution is 2.12. The highest BCUT2D eigenvalue weighted by atomic mass is 16.5. The van der Waals surface area contributed by atoms with Crippen LogP contribution in [0.3, 0.4) is 0 Å². The highest BCUT2D eigenvalue weighted by molar-refractivity contribution is 5.80. The summed E-state index contributed by atoms with van der Waals surface area (Å²) in [6.07, 6.45) is 0.0665. The Kier molecular flexibility index (Phi) is 3.82. The molecule has 0 aliphatic heterocycles. The standard InChI is InChI=1S/C10H12N2O3/c1-7(10(14)12-11)15-9-4-2-8(6-13)3-5-9/h2-7H,11H2,1H3,(H,12,14). The molecule has 1 amide bonds. The normalized spacial score (nSPS) is 11.6. The van der Waals surface area contributed by atoms with Gasteiger partial charge in [0.2, 0.25) is 0 Å². The maximum atomic E-state index is 11.0. The average Bonchev–Trinajstić information content (AvgIpc) is 2.29. The molecule has 1 rings (SSSR count). The van der Waals surface area contributed by atoms with Crippen molar-refractivity contribution < 1.29 is 14.3 Å². The molecule has 0 spiro atoms. The predicted octanol–water partition coefficient (Wildman–Crippen LogP) is 0.256. The Balaban J connectivity index is 2.64. The largest absolute Gasteiger partial charge is 0.481 e. The zero-order valence-corrected chi connectivity index (χ0v) is 8.27. The number of hydrazine groups is 1. The van der Waals surface area contributed by atoms with E-state index in [2.05, 4.69) is 0 Å². The van der Waals surface area contributed by atoms with Crippen molar-refractivity contribution in [2.24, 2.45) is 5.84 Å². The molecule has 80 valence electrons. The molecule has 0 saturated heterocycles. The topological polar surface area (TPSA) is 81.4 Å².